The Hall–Kier alpha value is -2.58. The first-order valence-corrected chi connectivity index (χ1v) is 11.1. The number of nitrogens with one attached hydrogen (secondary N) is 1. The predicted octanol–water partition coefficient (Wildman–Crippen LogP) is 6.02. The fourth-order valence-electron chi connectivity index (χ4n) is 2.73. The van der Waals surface area contributed by atoms with Crippen LogP contribution in [0.3, 0.4) is 0 Å². The number of carbonyl (C=O) groups excluding carboxylic acids is 1. The van der Waals surface area contributed by atoms with Gasteiger partial charge in [-0.2, -0.15) is 0 Å². The Bertz CT molecular complexity index is 1230. The van der Waals surface area contributed by atoms with Crippen LogP contribution in [-0.2, 0) is 4.79 Å². The molecule has 0 bridgehead atoms. The van der Waals surface area contributed by atoms with E-state index in [0.29, 0.717) is 21.0 Å². The Labute approximate surface area is 197 Å². The van der Waals surface area contributed by atoms with Crippen molar-refractivity contribution in [3.05, 3.63) is 82.5 Å². The number of imidazole rings is 1. The average Bonchev–Trinajstić information content (AvgIpc) is 3.12. The molecule has 6 nitrogen and oxygen atoms in total. The van der Waals surface area contributed by atoms with Crippen molar-refractivity contribution in [1.29, 1.82) is 0 Å². The van der Waals surface area contributed by atoms with E-state index in [2.05, 4.69) is 20.3 Å². The molecule has 2 aromatic carbocycles. The Morgan fingerprint density at radius 1 is 1.00 bits per heavy atom. The van der Waals surface area contributed by atoms with Crippen molar-refractivity contribution >= 4 is 58.2 Å². The molecule has 10 heteroatoms. The van der Waals surface area contributed by atoms with E-state index in [9.17, 15) is 4.79 Å². The zero-order chi connectivity index (χ0) is 21.8. The minimum absolute atomic E-state index is 0.160. The molecule has 0 aliphatic carbocycles. The summed E-state index contributed by atoms with van der Waals surface area (Å²) in [5, 5.41) is 4.37. The Kier molecular flexibility index (Phi) is 6.77. The molecular weight excluding hydrogens is 477 g/mol. The SMILES string of the molecule is O=C(CSc1nccc(-c2ccc(-n3cnc(Cl)c3Cl)cc2)n1)Nc1ccccc1Cl. The number of benzene rings is 2. The summed E-state index contributed by atoms with van der Waals surface area (Å²) < 4.78 is 1.69. The monoisotopic (exact) mass is 489 g/mol. The fourth-order valence-corrected chi connectivity index (χ4v) is 3.87. The number of amides is 1. The number of nitrogens with zero attached hydrogens (tertiary/aromatic N) is 4. The van der Waals surface area contributed by atoms with Crippen molar-refractivity contribution in [3.8, 4) is 16.9 Å². The van der Waals surface area contributed by atoms with Gasteiger partial charge in [-0.1, -0.05) is 70.8 Å². The first kappa shape index (κ1) is 21.6. The number of anilines is 1. The first-order valence-electron chi connectivity index (χ1n) is 9.00. The summed E-state index contributed by atoms with van der Waals surface area (Å²) >= 11 is 19.4. The molecule has 1 N–H and O–H groups in total. The number of para-hydroxylation sites is 1. The first-order chi connectivity index (χ1) is 15.0. The smallest absolute Gasteiger partial charge is 0.234 e. The molecule has 0 radical (unpaired) electrons. The molecule has 2 heterocycles. The van der Waals surface area contributed by atoms with Gasteiger partial charge >= 0.3 is 0 Å². The highest BCUT2D eigenvalue weighted by molar-refractivity contribution is 7.99. The van der Waals surface area contributed by atoms with Gasteiger partial charge in [-0.15, -0.1) is 0 Å². The summed E-state index contributed by atoms with van der Waals surface area (Å²) in [6.45, 7) is 0. The van der Waals surface area contributed by atoms with Crippen molar-refractivity contribution in [3.63, 3.8) is 0 Å². The fraction of sp³-hybridized carbons (Fsp3) is 0.0476. The molecule has 31 heavy (non-hydrogen) atoms. The molecule has 0 spiro atoms. The van der Waals surface area contributed by atoms with Crippen LogP contribution < -0.4 is 5.32 Å². The zero-order valence-corrected chi connectivity index (χ0v) is 18.9. The molecule has 0 saturated carbocycles. The number of hydrogen-bond acceptors (Lipinski definition) is 5. The van der Waals surface area contributed by atoms with Crippen molar-refractivity contribution in [2.45, 2.75) is 5.16 Å². The standard InChI is InChI=1S/C21H14Cl3N5OS/c22-15-3-1-2-4-17(15)27-18(30)11-31-21-25-10-9-16(28-21)13-5-7-14(8-6-13)29-12-26-19(23)20(29)24/h1-10,12H,11H2,(H,27,30). The maximum absolute atomic E-state index is 12.2. The van der Waals surface area contributed by atoms with E-state index >= 15 is 0 Å². The molecule has 4 aromatic rings. The highest BCUT2D eigenvalue weighted by atomic mass is 35.5. The van der Waals surface area contributed by atoms with E-state index in [1.807, 2.05) is 36.4 Å². The van der Waals surface area contributed by atoms with E-state index in [4.69, 9.17) is 34.8 Å². The normalized spacial score (nSPS) is 10.8. The summed E-state index contributed by atoms with van der Waals surface area (Å²) in [5.74, 6) is -0.0274. The van der Waals surface area contributed by atoms with Gasteiger partial charge in [0.15, 0.2) is 15.5 Å². The van der Waals surface area contributed by atoms with Gasteiger partial charge in [-0.3, -0.25) is 9.36 Å². The lowest BCUT2D eigenvalue weighted by Crippen LogP contribution is -2.14. The van der Waals surface area contributed by atoms with Gasteiger partial charge in [0.1, 0.15) is 6.33 Å². The molecule has 4 rings (SSSR count). The van der Waals surface area contributed by atoms with Crippen LogP contribution in [0, 0.1) is 0 Å². The van der Waals surface area contributed by atoms with Crippen molar-refractivity contribution in [1.82, 2.24) is 19.5 Å². The van der Waals surface area contributed by atoms with Gasteiger partial charge in [0.05, 0.1) is 22.2 Å². The quantitative estimate of drug-likeness (QED) is 0.264. The summed E-state index contributed by atoms with van der Waals surface area (Å²) in [6, 6.07) is 16.5. The van der Waals surface area contributed by atoms with E-state index in [1.54, 1.807) is 35.3 Å². The lowest BCUT2D eigenvalue weighted by Gasteiger charge is -2.08. The van der Waals surface area contributed by atoms with E-state index in [-0.39, 0.29) is 16.8 Å². The van der Waals surface area contributed by atoms with Crippen LogP contribution in [0.1, 0.15) is 0 Å². The summed E-state index contributed by atoms with van der Waals surface area (Å²) in [6.07, 6.45) is 3.23. The summed E-state index contributed by atoms with van der Waals surface area (Å²) in [5.41, 5.74) is 3.04. The number of halogens is 3. The molecule has 0 saturated heterocycles. The highest BCUT2D eigenvalue weighted by Gasteiger charge is 2.10. The van der Waals surface area contributed by atoms with Gasteiger partial charge in [-0.05, 0) is 30.3 Å². The van der Waals surface area contributed by atoms with E-state index in [0.717, 1.165) is 16.9 Å². The number of rotatable bonds is 6. The third-order valence-electron chi connectivity index (χ3n) is 4.22. The van der Waals surface area contributed by atoms with Crippen LogP contribution in [-0.4, -0.2) is 31.2 Å². The minimum atomic E-state index is -0.188. The Morgan fingerprint density at radius 2 is 1.77 bits per heavy atom. The third-order valence-corrected chi connectivity index (χ3v) is 6.15. The van der Waals surface area contributed by atoms with Crippen molar-refractivity contribution in [2.24, 2.45) is 0 Å². The van der Waals surface area contributed by atoms with Gasteiger partial charge in [-0.25, -0.2) is 15.0 Å². The summed E-state index contributed by atoms with van der Waals surface area (Å²) in [7, 11) is 0. The number of carbonyl (C=O) groups is 1. The van der Waals surface area contributed by atoms with Gasteiger partial charge in [0, 0.05) is 17.4 Å². The number of aromatic nitrogens is 4. The molecule has 0 aliphatic rings. The van der Waals surface area contributed by atoms with Gasteiger partial charge in [0.2, 0.25) is 5.91 Å². The highest BCUT2D eigenvalue weighted by Crippen LogP contribution is 2.26. The second-order valence-corrected chi connectivity index (χ2v) is 8.35. The second kappa shape index (κ2) is 9.70. The number of thioether (sulfide) groups is 1. The maximum Gasteiger partial charge on any atom is 0.234 e. The molecular formula is C21H14Cl3N5OS. The number of hydrogen-bond donors (Lipinski definition) is 1. The van der Waals surface area contributed by atoms with E-state index in [1.165, 1.54) is 11.8 Å². The molecule has 1 amide bonds. The lowest BCUT2D eigenvalue weighted by atomic mass is 10.1. The van der Waals surface area contributed by atoms with Crippen molar-refractivity contribution in [2.75, 3.05) is 11.1 Å². The second-order valence-electron chi connectivity index (χ2n) is 6.28. The van der Waals surface area contributed by atoms with Gasteiger partial charge < -0.3 is 5.32 Å². The molecule has 0 unspecified atom stereocenters. The maximum atomic E-state index is 12.2. The molecule has 156 valence electrons. The Morgan fingerprint density at radius 3 is 2.48 bits per heavy atom. The largest absolute Gasteiger partial charge is 0.324 e. The topological polar surface area (TPSA) is 72.7 Å². The molecule has 2 aromatic heterocycles. The van der Waals surface area contributed by atoms with Crippen LogP contribution >= 0.6 is 46.6 Å². The van der Waals surface area contributed by atoms with Crippen LogP contribution in [0.2, 0.25) is 15.3 Å². The van der Waals surface area contributed by atoms with Crippen LogP contribution in [0.25, 0.3) is 16.9 Å². The lowest BCUT2D eigenvalue weighted by molar-refractivity contribution is -0.113. The minimum Gasteiger partial charge on any atom is -0.324 e. The zero-order valence-electron chi connectivity index (χ0n) is 15.8. The molecule has 0 atom stereocenters. The van der Waals surface area contributed by atoms with Crippen LogP contribution in [0.4, 0.5) is 5.69 Å². The summed E-state index contributed by atoms with van der Waals surface area (Å²) in [4.78, 5) is 25.0. The third kappa shape index (κ3) is 5.19. The average molecular weight is 491 g/mol. The molecule has 0 aliphatic heterocycles. The van der Waals surface area contributed by atoms with Crippen LogP contribution in [0.5, 0.6) is 0 Å². The van der Waals surface area contributed by atoms with Crippen molar-refractivity contribution < 1.29 is 4.79 Å². The van der Waals surface area contributed by atoms with E-state index < -0.39 is 0 Å². The van der Waals surface area contributed by atoms with Gasteiger partial charge in [0.25, 0.3) is 0 Å². The Balaban J connectivity index is 1.43. The molecule has 0 fully saturated rings. The van der Waals surface area contributed by atoms with Crippen LogP contribution in [0.15, 0.2) is 72.3 Å². The predicted molar refractivity (Wildman–Crippen MR) is 125 cm³/mol.